The Labute approximate surface area is 124 Å². The van der Waals surface area contributed by atoms with E-state index in [1.54, 1.807) is 17.3 Å². The molecule has 7 nitrogen and oxygen atoms in total. The van der Waals surface area contributed by atoms with Crippen LogP contribution in [0.3, 0.4) is 0 Å². The van der Waals surface area contributed by atoms with Crippen LogP contribution in [0.25, 0.3) is 0 Å². The molecule has 1 N–H and O–H groups in total. The fraction of sp³-hybridized carbons (Fsp3) is 0.615. The summed E-state index contributed by atoms with van der Waals surface area (Å²) in [7, 11) is -3.33. The van der Waals surface area contributed by atoms with Gasteiger partial charge in [0.25, 0.3) is 0 Å². The molecule has 1 fully saturated rings. The van der Waals surface area contributed by atoms with Crippen molar-refractivity contribution in [1.29, 1.82) is 0 Å². The second-order valence-corrected chi connectivity index (χ2v) is 7.17. The lowest BCUT2D eigenvalue weighted by molar-refractivity contribution is -0.131. The molecule has 2 heterocycles. The number of aromatic nitrogens is 2. The highest BCUT2D eigenvalue weighted by molar-refractivity contribution is 7.88. The van der Waals surface area contributed by atoms with Crippen molar-refractivity contribution >= 4 is 15.9 Å². The molecule has 1 amide bonds. The molecule has 1 aromatic heterocycles. The van der Waals surface area contributed by atoms with E-state index in [4.69, 9.17) is 0 Å². The van der Waals surface area contributed by atoms with Crippen LogP contribution in [-0.4, -0.2) is 55.1 Å². The van der Waals surface area contributed by atoms with Crippen LogP contribution in [-0.2, 0) is 14.8 Å². The third-order valence-corrected chi connectivity index (χ3v) is 4.19. The molecule has 2 rings (SSSR count). The van der Waals surface area contributed by atoms with Gasteiger partial charge >= 0.3 is 0 Å². The minimum Gasteiger partial charge on any atom is -0.342 e. The van der Waals surface area contributed by atoms with Crippen LogP contribution in [0, 0.1) is 6.92 Å². The Morgan fingerprint density at radius 3 is 2.62 bits per heavy atom. The van der Waals surface area contributed by atoms with Crippen molar-refractivity contribution in [2.24, 2.45) is 0 Å². The average molecular weight is 312 g/mol. The second kappa shape index (κ2) is 6.48. The Morgan fingerprint density at radius 1 is 1.38 bits per heavy atom. The van der Waals surface area contributed by atoms with Gasteiger partial charge in [-0.2, -0.15) is 0 Å². The van der Waals surface area contributed by atoms with Gasteiger partial charge in [-0.05, 0) is 19.8 Å². The summed E-state index contributed by atoms with van der Waals surface area (Å²) in [5, 5.41) is 0. The number of nitrogens with one attached hydrogen (secondary N) is 1. The van der Waals surface area contributed by atoms with E-state index in [2.05, 4.69) is 14.7 Å². The number of amides is 1. The number of rotatable bonds is 4. The molecule has 1 aromatic rings. The predicted molar refractivity (Wildman–Crippen MR) is 78.2 cm³/mol. The molecule has 1 saturated heterocycles. The van der Waals surface area contributed by atoms with Crippen molar-refractivity contribution in [3.63, 3.8) is 0 Å². The van der Waals surface area contributed by atoms with Gasteiger partial charge in [-0.3, -0.25) is 14.8 Å². The number of likely N-dealkylation sites (tertiary alicyclic amines) is 1. The smallest absolute Gasteiger partial charge is 0.237 e. The van der Waals surface area contributed by atoms with Gasteiger partial charge in [0.05, 0.1) is 24.2 Å². The Balaban J connectivity index is 1.87. The summed E-state index contributed by atoms with van der Waals surface area (Å²) in [6.45, 7) is 2.97. The quantitative estimate of drug-likeness (QED) is 0.847. The first-order valence-corrected chi connectivity index (χ1v) is 8.75. The van der Waals surface area contributed by atoms with Crippen LogP contribution < -0.4 is 4.72 Å². The first kappa shape index (κ1) is 15.8. The maximum absolute atomic E-state index is 11.9. The van der Waals surface area contributed by atoms with Gasteiger partial charge in [0.2, 0.25) is 15.9 Å². The maximum Gasteiger partial charge on any atom is 0.237 e. The Hall–Kier alpha value is -1.54. The minimum atomic E-state index is -3.33. The molecule has 0 atom stereocenters. The van der Waals surface area contributed by atoms with Gasteiger partial charge < -0.3 is 4.90 Å². The second-order valence-electron chi connectivity index (χ2n) is 5.33. The average Bonchev–Trinajstić information content (AvgIpc) is 2.44. The van der Waals surface area contributed by atoms with E-state index >= 15 is 0 Å². The summed E-state index contributed by atoms with van der Waals surface area (Å²) in [6.07, 6.45) is 6.19. The lowest BCUT2D eigenvalue weighted by Crippen LogP contribution is -2.43. The van der Waals surface area contributed by atoms with E-state index in [0.29, 0.717) is 19.0 Å². The fourth-order valence-corrected chi connectivity index (χ4v) is 2.79. The van der Waals surface area contributed by atoms with Gasteiger partial charge in [-0.25, -0.2) is 13.1 Å². The highest BCUT2D eigenvalue weighted by atomic mass is 32.2. The molecule has 0 saturated carbocycles. The normalized spacial score (nSPS) is 17.0. The van der Waals surface area contributed by atoms with Crippen LogP contribution in [0.15, 0.2) is 12.4 Å². The number of hydrogen-bond donors (Lipinski definition) is 1. The molecule has 0 unspecified atom stereocenters. The first-order chi connectivity index (χ1) is 9.85. The molecule has 0 bridgehead atoms. The van der Waals surface area contributed by atoms with E-state index in [9.17, 15) is 13.2 Å². The first-order valence-electron chi connectivity index (χ1n) is 6.86. The maximum atomic E-state index is 11.9. The van der Waals surface area contributed by atoms with E-state index in [0.717, 1.165) is 30.5 Å². The number of carbonyl (C=O) groups excluding carboxylic acids is 1. The molecule has 21 heavy (non-hydrogen) atoms. The van der Waals surface area contributed by atoms with E-state index in [1.165, 1.54) is 0 Å². The van der Waals surface area contributed by atoms with Crippen LogP contribution in [0.5, 0.6) is 0 Å². The fourth-order valence-electron chi connectivity index (χ4n) is 2.41. The van der Waals surface area contributed by atoms with Crippen molar-refractivity contribution in [1.82, 2.24) is 19.6 Å². The van der Waals surface area contributed by atoms with Gasteiger partial charge in [-0.15, -0.1) is 0 Å². The lowest BCUT2D eigenvalue weighted by Gasteiger charge is -2.31. The molecular weight excluding hydrogens is 292 g/mol. The molecule has 8 heteroatoms. The van der Waals surface area contributed by atoms with Crippen LogP contribution in [0.1, 0.15) is 30.1 Å². The standard InChI is InChI=1S/C13H20N4O3S/c1-10-7-14-8-12(16-10)11-3-5-17(6-4-11)13(18)9-15-21(2,19)20/h7-8,11,15H,3-6,9H2,1-2H3. The number of nitrogens with zero attached hydrogens (tertiary/aromatic N) is 3. The monoisotopic (exact) mass is 312 g/mol. The van der Waals surface area contributed by atoms with Crippen molar-refractivity contribution in [2.75, 3.05) is 25.9 Å². The highest BCUT2D eigenvalue weighted by Gasteiger charge is 2.25. The molecule has 0 spiro atoms. The SMILES string of the molecule is Cc1cncc(C2CCN(C(=O)CNS(C)(=O)=O)CC2)n1. The van der Waals surface area contributed by atoms with Crippen molar-refractivity contribution in [3.05, 3.63) is 23.8 Å². The Morgan fingerprint density at radius 2 is 2.05 bits per heavy atom. The Bertz CT molecular complexity index is 610. The molecule has 1 aliphatic heterocycles. The summed E-state index contributed by atoms with van der Waals surface area (Å²) in [4.78, 5) is 22.2. The third-order valence-electron chi connectivity index (χ3n) is 3.53. The molecule has 0 radical (unpaired) electrons. The zero-order valence-corrected chi connectivity index (χ0v) is 13.1. The van der Waals surface area contributed by atoms with Gasteiger partial charge in [0.1, 0.15) is 0 Å². The number of aryl methyl sites for hydroxylation is 1. The van der Waals surface area contributed by atoms with E-state index < -0.39 is 10.0 Å². The van der Waals surface area contributed by atoms with E-state index in [-0.39, 0.29) is 12.5 Å². The van der Waals surface area contributed by atoms with Crippen molar-refractivity contribution < 1.29 is 13.2 Å². The molecule has 1 aliphatic rings. The largest absolute Gasteiger partial charge is 0.342 e. The summed E-state index contributed by atoms with van der Waals surface area (Å²) >= 11 is 0. The minimum absolute atomic E-state index is 0.173. The van der Waals surface area contributed by atoms with Crippen LogP contribution in [0.4, 0.5) is 0 Å². The topological polar surface area (TPSA) is 92.3 Å². The van der Waals surface area contributed by atoms with Crippen molar-refractivity contribution in [2.45, 2.75) is 25.7 Å². The summed E-state index contributed by atoms with van der Waals surface area (Å²) in [5.74, 6) is 0.124. The zero-order valence-electron chi connectivity index (χ0n) is 12.2. The number of piperidine rings is 1. The van der Waals surface area contributed by atoms with Crippen LogP contribution in [0.2, 0.25) is 0 Å². The van der Waals surface area contributed by atoms with E-state index in [1.807, 2.05) is 6.92 Å². The number of sulfonamides is 1. The Kier molecular flexibility index (Phi) is 4.89. The number of hydrogen-bond acceptors (Lipinski definition) is 5. The summed E-state index contributed by atoms with van der Waals surface area (Å²) in [6, 6.07) is 0. The molecule has 0 aromatic carbocycles. The lowest BCUT2D eigenvalue weighted by atomic mass is 9.93. The van der Waals surface area contributed by atoms with Crippen molar-refractivity contribution in [3.8, 4) is 0 Å². The molecule has 0 aliphatic carbocycles. The van der Waals surface area contributed by atoms with Gasteiger partial charge in [0, 0.05) is 31.4 Å². The van der Waals surface area contributed by atoms with Crippen LogP contribution >= 0.6 is 0 Å². The molecular formula is C13H20N4O3S. The predicted octanol–water partition coefficient (Wildman–Crippen LogP) is 0.0402. The summed E-state index contributed by atoms with van der Waals surface area (Å²) < 4.78 is 24.2. The summed E-state index contributed by atoms with van der Waals surface area (Å²) in [5.41, 5.74) is 1.86. The zero-order chi connectivity index (χ0) is 15.5. The van der Waals surface area contributed by atoms with Gasteiger partial charge in [-0.1, -0.05) is 0 Å². The highest BCUT2D eigenvalue weighted by Crippen LogP contribution is 2.26. The molecule has 116 valence electrons. The van der Waals surface area contributed by atoms with Gasteiger partial charge in [0.15, 0.2) is 0 Å². The number of carbonyl (C=O) groups is 1. The third kappa shape index (κ3) is 4.75.